The number of anilines is 1. The molecule has 0 saturated heterocycles. The van der Waals surface area contributed by atoms with Crippen molar-refractivity contribution in [3.8, 4) is 11.6 Å². The zero-order chi connectivity index (χ0) is 25.1. The molecular formula is C26H17ClN4O4S. The summed E-state index contributed by atoms with van der Waals surface area (Å²) >= 11 is 7.12. The summed E-state index contributed by atoms with van der Waals surface area (Å²) in [5.74, 6) is -1.85. The van der Waals surface area contributed by atoms with Gasteiger partial charge in [-0.15, -0.1) is 0 Å². The van der Waals surface area contributed by atoms with E-state index in [1.54, 1.807) is 72.8 Å². The van der Waals surface area contributed by atoms with Gasteiger partial charge in [0.25, 0.3) is 5.91 Å². The maximum atomic E-state index is 13.3. The smallest absolute Gasteiger partial charge is 0.307 e. The van der Waals surface area contributed by atoms with Crippen molar-refractivity contribution in [3.63, 3.8) is 0 Å². The third-order valence-corrected chi connectivity index (χ3v) is 6.38. The van der Waals surface area contributed by atoms with Gasteiger partial charge in [-0.3, -0.25) is 14.5 Å². The maximum absolute atomic E-state index is 13.3. The van der Waals surface area contributed by atoms with Gasteiger partial charge in [-0.25, -0.2) is 4.99 Å². The fraction of sp³-hybridized carbons (Fsp3) is 0.0385. The molecule has 0 radical (unpaired) electrons. The van der Waals surface area contributed by atoms with E-state index in [2.05, 4.69) is 10.3 Å². The number of thioether (sulfide) groups is 1. The molecule has 0 unspecified atom stereocenters. The first-order valence-electron chi connectivity index (χ1n) is 10.8. The standard InChI is InChI=1S/C26H17ClN4O4S/c27-18-9-7-8-17(14-18)15-21-24(33)30(19-10-3-1-4-11-19)26(28-21)36-16-22(32)23-25(34)35-29-31(23)20-12-5-2-6-13-20/h1-15H,16H2/b21-15+. The number of hydrogen-bond acceptors (Lipinski definition) is 7. The highest BCUT2D eigenvalue weighted by Gasteiger charge is 2.34. The molecule has 0 atom stereocenters. The lowest BCUT2D eigenvalue weighted by atomic mass is 10.2. The highest BCUT2D eigenvalue weighted by Crippen LogP contribution is 2.30. The molecule has 36 heavy (non-hydrogen) atoms. The van der Waals surface area contributed by atoms with Crippen LogP contribution in [-0.4, -0.2) is 27.9 Å². The number of aliphatic imine (C=N–C) groups is 1. The number of nitrogens with zero attached hydrogens (tertiary/aromatic N) is 4. The first kappa shape index (κ1) is 23.5. The van der Waals surface area contributed by atoms with Crippen LogP contribution in [0.3, 0.4) is 0 Å². The van der Waals surface area contributed by atoms with E-state index in [9.17, 15) is 14.7 Å². The second-order valence-electron chi connectivity index (χ2n) is 7.62. The molecule has 0 saturated carbocycles. The van der Waals surface area contributed by atoms with E-state index in [4.69, 9.17) is 16.1 Å². The predicted octanol–water partition coefficient (Wildman–Crippen LogP) is 4.04. The van der Waals surface area contributed by atoms with Gasteiger partial charge in [0.1, 0.15) is 5.70 Å². The van der Waals surface area contributed by atoms with Crippen LogP contribution in [0.4, 0.5) is 5.69 Å². The Bertz CT molecular complexity index is 1500. The molecule has 1 aromatic heterocycles. The summed E-state index contributed by atoms with van der Waals surface area (Å²) in [5.41, 5.74) is 1.83. The highest BCUT2D eigenvalue weighted by atomic mass is 35.5. The van der Waals surface area contributed by atoms with Crippen LogP contribution in [0, 0.1) is 0 Å². The number of amides is 1. The Kier molecular flexibility index (Phi) is 6.66. The minimum Gasteiger partial charge on any atom is -0.539 e. The number of aromatic nitrogens is 2. The van der Waals surface area contributed by atoms with Crippen molar-refractivity contribution in [3.05, 3.63) is 107 Å². The first-order valence-corrected chi connectivity index (χ1v) is 12.1. The molecule has 10 heteroatoms. The molecule has 0 fully saturated rings. The number of benzene rings is 3. The molecule has 1 aliphatic heterocycles. The molecule has 0 aliphatic carbocycles. The molecule has 0 N–H and O–H groups in total. The van der Waals surface area contributed by atoms with Gasteiger partial charge >= 0.3 is 5.69 Å². The summed E-state index contributed by atoms with van der Waals surface area (Å²) in [6.45, 7) is 0. The third kappa shape index (κ3) is 4.79. The van der Waals surface area contributed by atoms with Gasteiger partial charge in [-0.05, 0) is 40.6 Å². The number of para-hydroxylation sites is 2. The number of ketones is 1. The van der Waals surface area contributed by atoms with Gasteiger partial charge in [0.2, 0.25) is 11.5 Å². The second kappa shape index (κ2) is 10.2. The summed E-state index contributed by atoms with van der Waals surface area (Å²) in [4.78, 5) is 32.3. The molecule has 0 bridgehead atoms. The van der Waals surface area contributed by atoms with Crippen LogP contribution in [0.2, 0.25) is 5.02 Å². The number of Topliss-reactive ketones (excluding diaryl/α,β-unsaturated/α-hetero) is 1. The van der Waals surface area contributed by atoms with Crippen LogP contribution in [0.1, 0.15) is 16.1 Å². The van der Waals surface area contributed by atoms with Crippen molar-refractivity contribution in [1.29, 1.82) is 0 Å². The van der Waals surface area contributed by atoms with E-state index < -0.39 is 11.7 Å². The first-order chi connectivity index (χ1) is 17.5. The van der Waals surface area contributed by atoms with E-state index in [1.807, 2.05) is 18.2 Å². The molecule has 1 aliphatic rings. The summed E-state index contributed by atoms with van der Waals surface area (Å²) in [7, 11) is 0. The van der Waals surface area contributed by atoms with Gasteiger partial charge < -0.3 is 9.63 Å². The van der Waals surface area contributed by atoms with Gasteiger partial charge in [-0.2, -0.15) is 0 Å². The number of hydrogen-bond donors (Lipinski definition) is 0. The number of amidine groups is 1. The summed E-state index contributed by atoms with van der Waals surface area (Å²) in [5, 5.41) is 16.8. The van der Waals surface area contributed by atoms with E-state index >= 15 is 0 Å². The minimum absolute atomic E-state index is 0.164. The van der Waals surface area contributed by atoms with Crippen molar-refractivity contribution < 1.29 is 23.9 Å². The van der Waals surface area contributed by atoms with Crippen LogP contribution < -0.4 is 14.7 Å². The fourth-order valence-electron chi connectivity index (χ4n) is 3.58. The largest absolute Gasteiger partial charge is 0.539 e. The number of carbonyl (C=O) groups excluding carboxylic acids is 2. The monoisotopic (exact) mass is 516 g/mol. The van der Waals surface area contributed by atoms with Crippen LogP contribution in [0.5, 0.6) is 5.95 Å². The van der Waals surface area contributed by atoms with Crippen molar-refractivity contribution in [2.24, 2.45) is 4.99 Å². The topological polar surface area (TPSA) is 103 Å². The zero-order valence-electron chi connectivity index (χ0n) is 18.6. The Morgan fingerprint density at radius 3 is 2.50 bits per heavy atom. The molecule has 4 aromatic rings. The molecule has 0 spiro atoms. The molecule has 1 amide bonds. The summed E-state index contributed by atoms with van der Waals surface area (Å²) in [6, 6.07) is 24.8. The molecular weight excluding hydrogens is 500 g/mol. The predicted molar refractivity (Wildman–Crippen MR) is 135 cm³/mol. The van der Waals surface area contributed by atoms with Gasteiger partial charge in [0.15, 0.2) is 11.1 Å². The SMILES string of the molecule is O=C(CSC1=N/C(=C/c2cccc(Cl)c2)C(=O)N1c1ccccc1)c1c([O-])on[n+]1-c1ccccc1. The Labute approximate surface area is 215 Å². The Balaban J connectivity index is 1.44. The van der Waals surface area contributed by atoms with E-state index in [0.29, 0.717) is 27.1 Å². The Morgan fingerprint density at radius 1 is 1.06 bits per heavy atom. The van der Waals surface area contributed by atoms with Gasteiger partial charge in [-0.1, -0.05) is 71.9 Å². The van der Waals surface area contributed by atoms with Crippen LogP contribution in [-0.2, 0) is 4.79 Å². The summed E-state index contributed by atoms with van der Waals surface area (Å²) in [6.07, 6.45) is 1.64. The molecule has 8 nitrogen and oxygen atoms in total. The highest BCUT2D eigenvalue weighted by molar-refractivity contribution is 8.14. The van der Waals surface area contributed by atoms with Crippen LogP contribution >= 0.6 is 23.4 Å². The lowest BCUT2D eigenvalue weighted by molar-refractivity contribution is -0.672. The van der Waals surface area contributed by atoms with E-state index in [0.717, 1.165) is 11.8 Å². The average Bonchev–Trinajstić information content (AvgIpc) is 3.43. The minimum atomic E-state index is -0.838. The van der Waals surface area contributed by atoms with Crippen LogP contribution in [0.15, 0.2) is 100 Å². The summed E-state index contributed by atoms with van der Waals surface area (Å²) < 4.78 is 5.93. The van der Waals surface area contributed by atoms with Crippen molar-refractivity contribution in [2.45, 2.75) is 0 Å². The molecule has 178 valence electrons. The maximum Gasteiger partial charge on any atom is 0.307 e. The lowest BCUT2D eigenvalue weighted by Gasteiger charge is -2.17. The Hall–Kier alpha value is -4.21. The van der Waals surface area contributed by atoms with Gasteiger partial charge in [0.05, 0.1) is 16.7 Å². The molecule has 2 heterocycles. The molecule has 5 rings (SSSR count). The molecule has 3 aromatic carbocycles. The van der Waals surface area contributed by atoms with Crippen LogP contribution in [0.25, 0.3) is 11.8 Å². The normalized spacial score (nSPS) is 14.4. The number of carbonyl (C=O) groups is 2. The second-order valence-corrected chi connectivity index (χ2v) is 9.00. The average molecular weight is 517 g/mol. The number of halogens is 1. The number of rotatable bonds is 6. The van der Waals surface area contributed by atoms with E-state index in [1.165, 1.54) is 9.58 Å². The van der Waals surface area contributed by atoms with Crippen molar-refractivity contribution in [2.75, 3.05) is 10.7 Å². The van der Waals surface area contributed by atoms with Gasteiger partial charge in [0, 0.05) is 17.2 Å². The lowest BCUT2D eigenvalue weighted by Crippen LogP contribution is -2.39. The van der Waals surface area contributed by atoms with Crippen molar-refractivity contribution in [1.82, 2.24) is 5.27 Å². The van der Waals surface area contributed by atoms with E-state index in [-0.39, 0.29) is 23.1 Å². The fourth-order valence-corrected chi connectivity index (χ4v) is 4.65. The third-order valence-electron chi connectivity index (χ3n) is 5.20. The Morgan fingerprint density at radius 2 is 1.78 bits per heavy atom. The zero-order valence-corrected chi connectivity index (χ0v) is 20.1. The quantitative estimate of drug-likeness (QED) is 0.218. The van der Waals surface area contributed by atoms with Crippen molar-refractivity contribution >= 4 is 52.0 Å².